The van der Waals surface area contributed by atoms with E-state index in [1.54, 1.807) is 11.0 Å². The van der Waals surface area contributed by atoms with E-state index in [-0.39, 0.29) is 24.8 Å². The van der Waals surface area contributed by atoms with Crippen LogP contribution in [-0.2, 0) is 22.3 Å². The van der Waals surface area contributed by atoms with Gasteiger partial charge in [0.15, 0.2) is 0 Å². The van der Waals surface area contributed by atoms with E-state index in [9.17, 15) is 22.8 Å². The van der Waals surface area contributed by atoms with Crippen molar-refractivity contribution in [2.24, 2.45) is 5.92 Å². The Labute approximate surface area is 175 Å². The Morgan fingerprint density at radius 2 is 2.00 bits per heavy atom. The molecule has 1 saturated carbocycles. The van der Waals surface area contributed by atoms with Crippen LogP contribution < -0.4 is 10.6 Å². The molecule has 166 valence electrons. The molecular weight excluding hydrogens is 395 g/mol. The van der Waals surface area contributed by atoms with Gasteiger partial charge in [0.1, 0.15) is 0 Å². The van der Waals surface area contributed by atoms with Crippen LogP contribution in [0.25, 0.3) is 0 Å². The molecule has 2 fully saturated rings. The van der Waals surface area contributed by atoms with E-state index in [0.717, 1.165) is 30.9 Å². The van der Waals surface area contributed by atoms with Crippen molar-refractivity contribution in [2.45, 2.75) is 63.7 Å². The second-order valence-electron chi connectivity index (χ2n) is 8.32. The summed E-state index contributed by atoms with van der Waals surface area (Å²) in [5, 5.41) is 5.65. The molecule has 0 radical (unpaired) electrons. The van der Waals surface area contributed by atoms with Gasteiger partial charge in [-0.15, -0.1) is 0 Å². The molecule has 1 aromatic rings. The first kappa shape index (κ1) is 22.6. The van der Waals surface area contributed by atoms with Crippen molar-refractivity contribution in [3.8, 4) is 0 Å². The molecular formula is C22H30F3N3O2. The molecule has 1 saturated heterocycles. The number of alkyl halides is 3. The molecule has 30 heavy (non-hydrogen) atoms. The van der Waals surface area contributed by atoms with E-state index in [2.05, 4.69) is 10.6 Å². The number of amides is 2. The summed E-state index contributed by atoms with van der Waals surface area (Å²) in [6, 6.07) is 4.44. The van der Waals surface area contributed by atoms with Crippen LogP contribution >= 0.6 is 0 Å². The number of carbonyl (C=O) groups excluding carboxylic acids is 2. The highest BCUT2D eigenvalue weighted by molar-refractivity contribution is 5.88. The van der Waals surface area contributed by atoms with Crippen molar-refractivity contribution in [1.29, 1.82) is 0 Å². The van der Waals surface area contributed by atoms with Gasteiger partial charge in [-0.1, -0.05) is 43.9 Å². The maximum absolute atomic E-state index is 13.0. The fourth-order valence-corrected chi connectivity index (χ4v) is 4.42. The van der Waals surface area contributed by atoms with Crippen LogP contribution in [0.15, 0.2) is 24.3 Å². The van der Waals surface area contributed by atoms with Crippen molar-refractivity contribution >= 4 is 11.8 Å². The van der Waals surface area contributed by atoms with Crippen LogP contribution in [0.3, 0.4) is 0 Å². The summed E-state index contributed by atoms with van der Waals surface area (Å²) in [7, 11) is 0. The normalized spacial score (nSPS) is 20.9. The van der Waals surface area contributed by atoms with Crippen molar-refractivity contribution in [1.82, 2.24) is 15.5 Å². The van der Waals surface area contributed by atoms with Crippen LogP contribution in [0.4, 0.5) is 13.2 Å². The minimum atomic E-state index is -4.41. The van der Waals surface area contributed by atoms with Gasteiger partial charge in [0.05, 0.1) is 18.0 Å². The number of hydrogen-bond donors (Lipinski definition) is 2. The molecule has 2 amide bonds. The minimum Gasteiger partial charge on any atom is -0.356 e. The lowest BCUT2D eigenvalue weighted by atomic mass is 10.0. The van der Waals surface area contributed by atoms with E-state index in [0.29, 0.717) is 25.2 Å². The Balaban J connectivity index is 1.52. The molecule has 1 aromatic carbocycles. The summed E-state index contributed by atoms with van der Waals surface area (Å²) in [6.07, 6.45) is 2.81. The molecule has 2 N–H and O–H groups in total. The summed E-state index contributed by atoms with van der Waals surface area (Å²) in [5.74, 6) is 0.320. The topological polar surface area (TPSA) is 61.4 Å². The molecule has 5 nitrogen and oxygen atoms in total. The largest absolute Gasteiger partial charge is 0.416 e. The number of nitrogens with zero attached hydrogens (tertiary/aromatic N) is 1. The highest BCUT2D eigenvalue weighted by Crippen LogP contribution is 2.30. The predicted molar refractivity (Wildman–Crippen MR) is 107 cm³/mol. The summed E-state index contributed by atoms with van der Waals surface area (Å²) < 4.78 is 38.9. The highest BCUT2D eigenvalue weighted by Gasteiger charge is 2.33. The number of halogens is 3. The number of rotatable bonds is 8. The lowest BCUT2D eigenvalue weighted by molar-refractivity contribution is -0.137. The molecule has 0 spiro atoms. The zero-order chi connectivity index (χ0) is 21.6. The third-order valence-corrected chi connectivity index (χ3v) is 6.05. The van der Waals surface area contributed by atoms with E-state index < -0.39 is 17.8 Å². The van der Waals surface area contributed by atoms with Gasteiger partial charge in [-0.3, -0.25) is 14.5 Å². The molecule has 8 heteroatoms. The number of benzene rings is 1. The SMILES string of the molecule is O=C(CC1C(=O)NCCN1Cc1cccc(C(F)(F)F)c1)NCCCC1CCCC1. The second-order valence-corrected chi connectivity index (χ2v) is 8.32. The Bertz CT molecular complexity index is 733. The van der Waals surface area contributed by atoms with Gasteiger partial charge in [0.25, 0.3) is 0 Å². The van der Waals surface area contributed by atoms with Crippen LogP contribution in [-0.4, -0.2) is 42.4 Å². The Kier molecular flexibility index (Phi) is 7.75. The van der Waals surface area contributed by atoms with Gasteiger partial charge in [0.2, 0.25) is 11.8 Å². The smallest absolute Gasteiger partial charge is 0.356 e. The molecule has 3 rings (SSSR count). The maximum Gasteiger partial charge on any atom is 0.416 e. The fourth-order valence-electron chi connectivity index (χ4n) is 4.42. The monoisotopic (exact) mass is 425 g/mol. The summed E-state index contributed by atoms with van der Waals surface area (Å²) in [6.45, 7) is 1.69. The van der Waals surface area contributed by atoms with Gasteiger partial charge in [-0.05, 0) is 30.4 Å². The number of nitrogens with one attached hydrogen (secondary N) is 2. The quantitative estimate of drug-likeness (QED) is 0.627. The molecule has 2 aliphatic rings. The highest BCUT2D eigenvalue weighted by atomic mass is 19.4. The van der Waals surface area contributed by atoms with E-state index in [4.69, 9.17) is 0 Å². The molecule has 1 heterocycles. The number of carbonyl (C=O) groups is 2. The number of piperazine rings is 1. The lowest BCUT2D eigenvalue weighted by Gasteiger charge is -2.34. The lowest BCUT2D eigenvalue weighted by Crippen LogP contribution is -2.56. The molecule has 1 atom stereocenters. The van der Waals surface area contributed by atoms with Crippen molar-refractivity contribution in [3.05, 3.63) is 35.4 Å². The predicted octanol–water partition coefficient (Wildman–Crippen LogP) is 3.48. The van der Waals surface area contributed by atoms with Gasteiger partial charge in [-0.25, -0.2) is 0 Å². The zero-order valence-electron chi connectivity index (χ0n) is 17.1. The first-order chi connectivity index (χ1) is 14.3. The maximum atomic E-state index is 13.0. The van der Waals surface area contributed by atoms with Crippen LogP contribution in [0.2, 0.25) is 0 Å². The third-order valence-electron chi connectivity index (χ3n) is 6.05. The molecule has 1 unspecified atom stereocenters. The molecule has 0 aromatic heterocycles. The summed E-state index contributed by atoms with van der Waals surface area (Å²) in [4.78, 5) is 26.5. The summed E-state index contributed by atoms with van der Waals surface area (Å²) >= 11 is 0. The van der Waals surface area contributed by atoms with Crippen LogP contribution in [0.5, 0.6) is 0 Å². The van der Waals surface area contributed by atoms with Gasteiger partial charge in [0, 0.05) is 26.2 Å². The average Bonchev–Trinajstić information content (AvgIpc) is 3.21. The molecule has 1 aliphatic carbocycles. The van der Waals surface area contributed by atoms with E-state index >= 15 is 0 Å². The van der Waals surface area contributed by atoms with Gasteiger partial charge in [-0.2, -0.15) is 13.2 Å². The van der Waals surface area contributed by atoms with Gasteiger partial charge >= 0.3 is 6.18 Å². The van der Waals surface area contributed by atoms with Crippen molar-refractivity contribution < 1.29 is 22.8 Å². The Hall–Kier alpha value is -2.09. The standard InChI is InChI=1S/C22H30F3N3O2/c23-22(24,25)18-9-3-7-17(13-18)15-28-12-11-27-21(30)19(28)14-20(29)26-10-4-8-16-5-1-2-6-16/h3,7,9,13,16,19H,1-2,4-6,8,10-12,14-15H2,(H,26,29)(H,27,30). The Morgan fingerprint density at radius 3 is 2.73 bits per heavy atom. The fraction of sp³-hybridized carbons (Fsp3) is 0.636. The van der Waals surface area contributed by atoms with E-state index in [1.807, 2.05) is 0 Å². The van der Waals surface area contributed by atoms with Crippen LogP contribution in [0.1, 0.15) is 56.1 Å². The average molecular weight is 425 g/mol. The molecule has 0 bridgehead atoms. The molecule has 1 aliphatic heterocycles. The second kappa shape index (κ2) is 10.3. The van der Waals surface area contributed by atoms with Gasteiger partial charge < -0.3 is 10.6 Å². The zero-order valence-corrected chi connectivity index (χ0v) is 17.1. The van der Waals surface area contributed by atoms with Crippen molar-refractivity contribution in [2.75, 3.05) is 19.6 Å². The summed E-state index contributed by atoms with van der Waals surface area (Å²) in [5.41, 5.74) is -0.237. The third kappa shape index (κ3) is 6.45. The Morgan fingerprint density at radius 1 is 1.23 bits per heavy atom. The van der Waals surface area contributed by atoms with Crippen LogP contribution in [0, 0.1) is 5.92 Å². The van der Waals surface area contributed by atoms with E-state index in [1.165, 1.54) is 31.7 Å². The first-order valence-corrected chi connectivity index (χ1v) is 10.8. The first-order valence-electron chi connectivity index (χ1n) is 10.8. The number of hydrogen-bond acceptors (Lipinski definition) is 3. The van der Waals surface area contributed by atoms with Crippen molar-refractivity contribution in [3.63, 3.8) is 0 Å². The minimum absolute atomic E-state index is 0.00816.